The summed E-state index contributed by atoms with van der Waals surface area (Å²) in [4.78, 5) is 15.3. The molecule has 0 bridgehead atoms. The number of hydrogen-bond acceptors (Lipinski definition) is 3. The average Bonchev–Trinajstić information content (AvgIpc) is 3.52. The molecule has 0 spiro atoms. The summed E-state index contributed by atoms with van der Waals surface area (Å²) in [5.74, 6) is 0.578. The van der Waals surface area contributed by atoms with Crippen LogP contribution in [0.5, 0.6) is 0 Å². The summed E-state index contributed by atoms with van der Waals surface area (Å²) in [5, 5.41) is 5.45. The Morgan fingerprint density at radius 3 is 2.56 bits per heavy atom. The van der Waals surface area contributed by atoms with Gasteiger partial charge in [0.05, 0.1) is 18.2 Å². The molecule has 5 rings (SSSR count). The molecule has 0 N–H and O–H groups in total. The number of ether oxygens (including phenoxy) is 1. The van der Waals surface area contributed by atoms with Crippen LogP contribution in [0.3, 0.4) is 0 Å². The molecule has 1 amide bonds. The normalized spacial score (nSPS) is 22.9. The minimum atomic E-state index is -0.0792. The third-order valence-corrected chi connectivity index (χ3v) is 5.69. The van der Waals surface area contributed by atoms with Gasteiger partial charge in [-0.05, 0) is 30.4 Å². The Morgan fingerprint density at radius 2 is 1.78 bits per heavy atom. The zero-order valence-corrected chi connectivity index (χ0v) is 15.4. The highest BCUT2D eigenvalue weighted by Crippen LogP contribution is 2.39. The average molecular weight is 361 g/mol. The summed E-state index contributed by atoms with van der Waals surface area (Å²) in [5.41, 5.74) is 2.65. The molecule has 2 fully saturated rings. The van der Waals surface area contributed by atoms with Gasteiger partial charge < -0.3 is 9.64 Å². The van der Waals surface area contributed by atoms with Gasteiger partial charge in [0, 0.05) is 19.0 Å². The van der Waals surface area contributed by atoms with E-state index in [1.54, 1.807) is 4.68 Å². The number of carbonyl (C=O) groups is 1. The van der Waals surface area contributed by atoms with Crippen LogP contribution in [0.1, 0.15) is 35.0 Å². The van der Waals surface area contributed by atoms with Gasteiger partial charge in [0.25, 0.3) is 5.91 Å². The lowest BCUT2D eigenvalue weighted by atomic mass is 10.0. The first-order valence-corrected chi connectivity index (χ1v) is 9.62. The number of aromatic nitrogens is 2. The molecule has 138 valence electrons. The van der Waals surface area contributed by atoms with E-state index in [2.05, 4.69) is 17.2 Å². The summed E-state index contributed by atoms with van der Waals surface area (Å²) in [6.45, 7) is 1.22. The second-order valence-electron chi connectivity index (χ2n) is 7.61. The van der Waals surface area contributed by atoms with Crippen LogP contribution in [-0.4, -0.2) is 39.8 Å². The summed E-state index contributed by atoms with van der Waals surface area (Å²) in [6, 6.07) is 18.1. The molecule has 2 heterocycles. The van der Waals surface area contributed by atoms with E-state index in [9.17, 15) is 4.79 Å². The van der Waals surface area contributed by atoms with Crippen molar-refractivity contribution in [2.24, 2.45) is 13.0 Å². The molecule has 5 nitrogen and oxygen atoms in total. The lowest BCUT2D eigenvalue weighted by Crippen LogP contribution is -2.47. The third kappa shape index (κ3) is 3.02. The molecule has 2 aromatic carbocycles. The Balaban J connectivity index is 1.47. The first-order valence-electron chi connectivity index (χ1n) is 9.62. The van der Waals surface area contributed by atoms with E-state index in [-0.39, 0.29) is 18.1 Å². The molecule has 1 saturated heterocycles. The fourth-order valence-corrected chi connectivity index (χ4v) is 4.06. The molecule has 2 aliphatic rings. The van der Waals surface area contributed by atoms with Crippen molar-refractivity contribution in [1.29, 1.82) is 0 Å². The molecule has 27 heavy (non-hydrogen) atoms. The first-order chi connectivity index (χ1) is 13.2. The summed E-state index contributed by atoms with van der Waals surface area (Å²) >= 11 is 0. The summed E-state index contributed by atoms with van der Waals surface area (Å²) < 4.78 is 8.17. The summed E-state index contributed by atoms with van der Waals surface area (Å²) in [7, 11) is 1.89. The van der Waals surface area contributed by atoms with Crippen molar-refractivity contribution in [3.63, 3.8) is 0 Å². The second-order valence-corrected chi connectivity index (χ2v) is 7.61. The maximum absolute atomic E-state index is 13.4. The van der Waals surface area contributed by atoms with Crippen LogP contribution < -0.4 is 0 Å². The molecule has 1 aliphatic heterocycles. The van der Waals surface area contributed by atoms with Crippen molar-refractivity contribution in [2.45, 2.75) is 25.0 Å². The zero-order valence-electron chi connectivity index (χ0n) is 15.4. The Kier molecular flexibility index (Phi) is 3.97. The number of amides is 1. The number of para-hydroxylation sites is 1. The Labute approximate surface area is 158 Å². The molecular weight excluding hydrogens is 338 g/mol. The molecule has 1 saturated carbocycles. The molecule has 3 aromatic rings. The Morgan fingerprint density at radius 1 is 1.04 bits per heavy atom. The number of benzene rings is 2. The number of nitrogens with zero attached hydrogens (tertiary/aromatic N) is 3. The minimum Gasteiger partial charge on any atom is -0.366 e. The lowest BCUT2D eigenvalue weighted by molar-refractivity contribution is -0.0864. The molecule has 0 unspecified atom stereocenters. The van der Waals surface area contributed by atoms with E-state index in [1.165, 1.54) is 12.8 Å². The Hall–Kier alpha value is -2.66. The van der Waals surface area contributed by atoms with Gasteiger partial charge in [-0.3, -0.25) is 9.48 Å². The molecular formula is C22H23N3O2. The maximum Gasteiger partial charge on any atom is 0.275 e. The quantitative estimate of drug-likeness (QED) is 0.717. The largest absolute Gasteiger partial charge is 0.366 e. The number of hydrogen-bond donors (Lipinski definition) is 0. The monoisotopic (exact) mass is 361 g/mol. The predicted octanol–water partition coefficient (Wildman–Crippen LogP) is 3.57. The van der Waals surface area contributed by atoms with Crippen molar-refractivity contribution >= 4 is 16.8 Å². The van der Waals surface area contributed by atoms with Gasteiger partial charge in [0.15, 0.2) is 5.69 Å². The van der Waals surface area contributed by atoms with Crippen LogP contribution >= 0.6 is 0 Å². The highest BCUT2D eigenvalue weighted by Gasteiger charge is 2.40. The van der Waals surface area contributed by atoms with Crippen LogP contribution in [0.2, 0.25) is 0 Å². The van der Waals surface area contributed by atoms with Gasteiger partial charge in [0.1, 0.15) is 6.10 Å². The van der Waals surface area contributed by atoms with Crippen LogP contribution in [-0.2, 0) is 11.8 Å². The smallest absolute Gasteiger partial charge is 0.275 e. The van der Waals surface area contributed by atoms with Gasteiger partial charge in [-0.1, -0.05) is 48.5 Å². The van der Waals surface area contributed by atoms with Crippen molar-refractivity contribution < 1.29 is 9.53 Å². The van der Waals surface area contributed by atoms with Gasteiger partial charge in [-0.15, -0.1) is 0 Å². The van der Waals surface area contributed by atoms with E-state index in [4.69, 9.17) is 4.74 Å². The van der Waals surface area contributed by atoms with Crippen LogP contribution in [0.25, 0.3) is 10.9 Å². The van der Waals surface area contributed by atoms with Crippen molar-refractivity contribution in [3.05, 3.63) is 65.9 Å². The van der Waals surface area contributed by atoms with Crippen LogP contribution in [0, 0.1) is 5.92 Å². The fourth-order valence-electron chi connectivity index (χ4n) is 4.06. The first kappa shape index (κ1) is 16.5. The lowest BCUT2D eigenvalue weighted by Gasteiger charge is -2.38. The number of morpholine rings is 1. The highest BCUT2D eigenvalue weighted by atomic mass is 16.5. The molecule has 2 atom stereocenters. The number of aryl methyl sites for hydroxylation is 1. The Bertz CT molecular complexity index is 978. The molecule has 0 radical (unpaired) electrons. The topological polar surface area (TPSA) is 47.4 Å². The second kappa shape index (κ2) is 6.50. The van der Waals surface area contributed by atoms with Crippen molar-refractivity contribution in [2.75, 3.05) is 13.1 Å². The molecule has 5 heteroatoms. The van der Waals surface area contributed by atoms with Crippen molar-refractivity contribution in [1.82, 2.24) is 14.7 Å². The molecule has 1 aromatic heterocycles. The van der Waals surface area contributed by atoms with E-state index in [0.717, 1.165) is 16.5 Å². The number of carbonyl (C=O) groups excluding carboxylic acids is 1. The molecule has 1 aliphatic carbocycles. The zero-order chi connectivity index (χ0) is 18.4. The van der Waals surface area contributed by atoms with Gasteiger partial charge in [-0.25, -0.2) is 0 Å². The predicted molar refractivity (Wildman–Crippen MR) is 103 cm³/mol. The number of rotatable bonds is 3. The fraction of sp³-hybridized carbons (Fsp3) is 0.364. The van der Waals surface area contributed by atoms with Crippen molar-refractivity contribution in [3.8, 4) is 0 Å². The minimum absolute atomic E-state index is 0.00156. The van der Waals surface area contributed by atoms with E-state index in [1.807, 2.05) is 54.4 Å². The van der Waals surface area contributed by atoms with Crippen LogP contribution in [0.4, 0.5) is 0 Å². The van der Waals surface area contributed by atoms with Gasteiger partial charge in [0.2, 0.25) is 0 Å². The van der Waals surface area contributed by atoms with Gasteiger partial charge >= 0.3 is 0 Å². The van der Waals surface area contributed by atoms with Crippen LogP contribution in [0.15, 0.2) is 54.6 Å². The summed E-state index contributed by atoms with van der Waals surface area (Å²) in [6.07, 6.45) is 2.42. The highest BCUT2D eigenvalue weighted by molar-refractivity contribution is 6.04. The van der Waals surface area contributed by atoms with Gasteiger partial charge in [-0.2, -0.15) is 5.10 Å². The standard InChI is InChI=1S/C22H23N3O2/c1-24-18-10-6-5-9-17(18)21(23-24)22(26)25-13-19(15-7-3-2-4-8-15)27-20(14-25)16-11-12-16/h2-10,16,19-20H,11-14H2,1H3/t19-,20+/m0/s1. The maximum atomic E-state index is 13.4. The SMILES string of the molecule is Cn1nc(C(=O)N2C[C@@H](c3ccccc3)O[C@@H](C3CC3)C2)c2ccccc21. The van der Waals surface area contributed by atoms with E-state index < -0.39 is 0 Å². The number of fused-ring (bicyclic) bond motifs is 1. The van der Waals surface area contributed by atoms with E-state index in [0.29, 0.717) is 24.7 Å². The van der Waals surface area contributed by atoms with E-state index >= 15 is 0 Å². The third-order valence-electron chi connectivity index (χ3n) is 5.69.